The molecule has 0 saturated carbocycles. The van der Waals surface area contributed by atoms with Gasteiger partial charge in [-0.1, -0.05) is 15.9 Å². The van der Waals surface area contributed by atoms with E-state index in [2.05, 4.69) is 48.3 Å². The van der Waals surface area contributed by atoms with Crippen molar-refractivity contribution in [2.45, 2.75) is 6.42 Å². The summed E-state index contributed by atoms with van der Waals surface area (Å²) in [4.78, 5) is 0. The highest BCUT2D eigenvalue weighted by molar-refractivity contribution is 9.11. The summed E-state index contributed by atoms with van der Waals surface area (Å²) in [7, 11) is 1.96. The summed E-state index contributed by atoms with van der Waals surface area (Å²) in [6.07, 6.45) is 2.78. The topological polar surface area (TPSA) is 29.9 Å². The summed E-state index contributed by atoms with van der Waals surface area (Å²) in [5.41, 5.74) is 2.33. The maximum Gasteiger partial charge on any atom is 0.0492 e. The molecule has 0 atom stereocenters. The molecule has 5 heteroatoms. The molecule has 0 unspecified atom stereocenters. The molecule has 0 radical (unpaired) electrons. The van der Waals surface area contributed by atoms with Crippen LogP contribution in [0.25, 0.3) is 0 Å². The van der Waals surface area contributed by atoms with Crippen LogP contribution in [0.5, 0.6) is 0 Å². The molecule has 0 fully saturated rings. The van der Waals surface area contributed by atoms with Gasteiger partial charge in [-0.15, -0.1) is 0 Å². The zero-order chi connectivity index (χ0) is 12.3. The lowest BCUT2D eigenvalue weighted by molar-refractivity contribution is 0.711. The molecule has 1 aromatic heterocycles. The minimum Gasteiger partial charge on any atom is -0.384 e. The normalized spacial score (nSPS) is 10.5. The number of halogens is 2. The van der Waals surface area contributed by atoms with Gasteiger partial charge >= 0.3 is 0 Å². The third kappa shape index (κ3) is 3.33. The van der Waals surface area contributed by atoms with E-state index in [9.17, 15) is 0 Å². The van der Waals surface area contributed by atoms with Gasteiger partial charge in [-0.3, -0.25) is 4.68 Å². The van der Waals surface area contributed by atoms with E-state index in [0.29, 0.717) is 0 Å². The number of rotatable bonds is 4. The maximum atomic E-state index is 4.14. The summed E-state index contributed by atoms with van der Waals surface area (Å²) >= 11 is 6.97. The van der Waals surface area contributed by atoms with Crippen LogP contribution in [0.3, 0.4) is 0 Å². The van der Waals surface area contributed by atoms with E-state index in [1.54, 1.807) is 0 Å². The first kappa shape index (κ1) is 12.6. The van der Waals surface area contributed by atoms with Crippen molar-refractivity contribution in [1.82, 2.24) is 9.78 Å². The lowest BCUT2D eigenvalue weighted by Gasteiger charge is -2.09. The molecule has 1 heterocycles. The fraction of sp³-hybridized carbons (Fsp3) is 0.250. The minimum atomic E-state index is 0.889. The predicted octanol–water partition coefficient (Wildman–Crippen LogP) is 3.60. The van der Waals surface area contributed by atoms with Crippen molar-refractivity contribution in [3.05, 3.63) is 45.1 Å². The van der Waals surface area contributed by atoms with Crippen LogP contribution in [0.15, 0.2) is 39.4 Å². The second-order valence-electron chi connectivity index (χ2n) is 3.75. The van der Waals surface area contributed by atoms with Gasteiger partial charge in [0, 0.05) is 46.5 Å². The van der Waals surface area contributed by atoms with Crippen molar-refractivity contribution in [1.29, 1.82) is 0 Å². The first-order valence-corrected chi connectivity index (χ1v) is 6.91. The van der Waals surface area contributed by atoms with E-state index in [1.165, 1.54) is 5.69 Å². The van der Waals surface area contributed by atoms with Crippen molar-refractivity contribution in [3.8, 4) is 0 Å². The van der Waals surface area contributed by atoms with Crippen LogP contribution in [-0.2, 0) is 13.5 Å². The fourth-order valence-corrected chi connectivity index (χ4v) is 2.79. The lowest BCUT2D eigenvalue weighted by atomic mass is 10.3. The van der Waals surface area contributed by atoms with Crippen LogP contribution in [0.1, 0.15) is 5.69 Å². The van der Waals surface area contributed by atoms with E-state index < -0.39 is 0 Å². The molecule has 0 saturated heterocycles. The quantitative estimate of drug-likeness (QED) is 0.904. The zero-order valence-corrected chi connectivity index (χ0v) is 12.6. The highest BCUT2D eigenvalue weighted by Crippen LogP contribution is 2.25. The number of hydrogen-bond donors (Lipinski definition) is 1. The molecule has 90 valence electrons. The van der Waals surface area contributed by atoms with Gasteiger partial charge in [0.25, 0.3) is 0 Å². The Hall–Kier alpha value is -0.810. The third-order valence-electron chi connectivity index (χ3n) is 2.55. The molecule has 3 nitrogen and oxygen atoms in total. The molecular weight excluding hydrogens is 346 g/mol. The van der Waals surface area contributed by atoms with Gasteiger partial charge < -0.3 is 5.32 Å². The SMILES string of the molecule is Cn1nccc1CCNc1ccc(Br)cc1Br. The molecule has 0 aliphatic rings. The van der Waals surface area contributed by atoms with E-state index in [0.717, 1.165) is 27.6 Å². The molecule has 2 rings (SSSR count). The van der Waals surface area contributed by atoms with Crippen molar-refractivity contribution in [2.24, 2.45) is 7.05 Å². The number of hydrogen-bond acceptors (Lipinski definition) is 2. The number of benzene rings is 1. The molecular formula is C12H13Br2N3. The minimum absolute atomic E-state index is 0.889. The van der Waals surface area contributed by atoms with Crippen LogP contribution in [0, 0.1) is 0 Å². The number of anilines is 1. The Bertz CT molecular complexity index is 508. The highest BCUT2D eigenvalue weighted by atomic mass is 79.9. The highest BCUT2D eigenvalue weighted by Gasteiger charge is 2.01. The molecule has 17 heavy (non-hydrogen) atoms. The van der Waals surface area contributed by atoms with E-state index >= 15 is 0 Å². The van der Waals surface area contributed by atoms with Gasteiger partial charge in [0.2, 0.25) is 0 Å². The largest absolute Gasteiger partial charge is 0.384 e. The molecule has 0 bridgehead atoms. The summed E-state index contributed by atoms with van der Waals surface area (Å²) in [6.45, 7) is 0.889. The summed E-state index contributed by atoms with van der Waals surface area (Å²) in [5.74, 6) is 0. The lowest BCUT2D eigenvalue weighted by Crippen LogP contribution is -2.08. The Morgan fingerprint density at radius 1 is 1.29 bits per heavy atom. The first-order valence-electron chi connectivity index (χ1n) is 5.32. The Morgan fingerprint density at radius 2 is 2.12 bits per heavy atom. The molecule has 1 N–H and O–H groups in total. The van der Waals surface area contributed by atoms with Crippen molar-refractivity contribution in [3.63, 3.8) is 0 Å². The molecule has 1 aromatic carbocycles. The van der Waals surface area contributed by atoms with Crippen LogP contribution in [0.4, 0.5) is 5.69 Å². The van der Waals surface area contributed by atoms with Crippen molar-refractivity contribution >= 4 is 37.5 Å². The van der Waals surface area contributed by atoms with Gasteiger partial charge in [0.15, 0.2) is 0 Å². The number of nitrogens with one attached hydrogen (secondary N) is 1. The standard InChI is InChI=1S/C12H13Br2N3/c1-17-10(5-7-16-17)4-6-15-12-3-2-9(13)8-11(12)14/h2-3,5,7-8,15H,4,6H2,1H3. The van der Waals surface area contributed by atoms with Gasteiger partial charge in [0.05, 0.1) is 0 Å². The first-order chi connectivity index (χ1) is 8.16. The average molecular weight is 359 g/mol. The van der Waals surface area contributed by atoms with Gasteiger partial charge in [-0.25, -0.2) is 0 Å². The van der Waals surface area contributed by atoms with Crippen LogP contribution in [0.2, 0.25) is 0 Å². The smallest absolute Gasteiger partial charge is 0.0492 e. The molecule has 2 aromatic rings. The Morgan fingerprint density at radius 3 is 2.76 bits per heavy atom. The second-order valence-corrected chi connectivity index (χ2v) is 5.52. The Labute approximate surface area is 117 Å². The van der Waals surface area contributed by atoms with E-state index in [4.69, 9.17) is 0 Å². The van der Waals surface area contributed by atoms with Crippen molar-refractivity contribution in [2.75, 3.05) is 11.9 Å². The number of nitrogens with zero attached hydrogens (tertiary/aromatic N) is 2. The molecule has 0 amide bonds. The Balaban J connectivity index is 1.92. The molecule has 0 spiro atoms. The summed E-state index contributed by atoms with van der Waals surface area (Å²) in [6, 6.07) is 8.15. The third-order valence-corrected chi connectivity index (χ3v) is 3.70. The number of aryl methyl sites for hydroxylation is 1. The van der Waals surface area contributed by atoms with Gasteiger partial charge in [-0.2, -0.15) is 5.10 Å². The Kier molecular flexibility index (Phi) is 4.23. The zero-order valence-electron chi connectivity index (χ0n) is 9.45. The maximum absolute atomic E-state index is 4.14. The fourth-order valence-electron chi connectivity index (χ4n) is 1.60. The number of aromatic nitrogens is 2. The monoisotopic (exact) mass is 357 g/mol. The molecule has 0 aliphatic carbocycles. The molecule has 0 aliphatic heterocycles. The van der Waals surface area contributed by atoms with Crippen LogP contribution in [-0.4, -0.2) is 16.3 Å². The van der Waals surface area contributed by atoms with Crippen LogP contribution >= 0.6 is 31.9 Å². The van der Waals surface area contributed by atoms with Crippen LogP contribution < -0.4 is 5.32 Å². The summed E-state index contributed by atoms with van der Waals surface area (Å²) < 4.78 is 4.04. The average Bonchev–Trinajstić information content (AvgIpc) is 2.68. The second kappa shape index (κ2) is 5.69. The van der Waals surface area contributed by atoms with Gasteiger partial charge in [-0.05, 0) is 40.2 Å². The van der Waals surface area contributed by atoms with Crippen molar-refractivity contribution < 1.29 is 0 Å². The predicted molar refractivity (Wildman–Crippen MR) is 77.2 cm³/mol. The summed E-state index contributed by atoms with van der Waals surface area (Å²) in [5, 5.41) is 7.54. The van der Waals surface area contributed by atoms with Gasteiger partial charge in [0.1, 0.15) is 0 Å². The van der Waals surface area contributed by atoms with E-state index in [1.807, 2.05) is 36.1 Å². The van der Waals surface area contributed by atoms with E-state index in [-0.39, 0.29) is 0 Å².